The minimum Gasteiger partial charge on any atom is -0.385 e. The van der Waals surface area contributed by atoms with Crippen LogP contribution < -0.4 is 10.9 Å². The molecule has 0 radical (unpaired) electrons. The van der Waals surface area contributed by atoms with Crippen LogP contribution in [0, 0.1) is 0 Å². The predicted octanol–water partition coefficient (Wildman–Crippen LogP) is 1.95. The van der Waals surface area contributed by atoms with E-state index in [1.807, 2.05) is 23.1 Å². The van der Waals surface area contributed by atoms with Crippen molar-refractivity contribution in [1.29, 1.82) is 0 Å². The van der Waals surface area contributed by atoms with E-state index in [0.29, 0.717) is 32.5 Å². The summed E-state index contributed by atoms with van der Waals surface area (Å²) >= 11 is 0. The molecule has 1 aromatic heterocycles. The van der Waals surface area contributed by atoms with Crippen LogP contribution in [0.4, 0.5) is 0 Å². The molecule has 3 atom stereocenters. The van der Waals surface area contributed by atoms with Crippen LogP contribution in [-0.2, 0) is 26.1 Å². The number of carbonyl (C=O) groups is 1. The number of piperidine rings is 1. The normalized spacial score (nSPS) is 19.0. The van der Waals surface area contributed by atoms with Crippen LogP contribution in [-0.4, -0.2) is 66.9 Å². The second kappa shape index (κ2) is 11.4. The monoisotopic (exact) mass is 479 g/mol. The lowest BCUT2D eigenvalue weighted by atomic mass is 9.96. The molecule has 0 saturated carbocycles. The number of aryl methyl sites for hydroxylation is 1. The van der Waals surface area contributed by atoms with Crippen molar-refractivity contribution in [2.45, 2.75) is 69.2 Å². The molecule has 9 nitrogen and oxygen atoms in total. The molecule has 1 unspecified atom stereocenters. The van der Waals surface area contributed by atoms with Crippen LogP contribution in [0.2, 0.25) is 0 Å². The van der Waals surface area contributed by atoms with Gasteiger partial charge in [-0.2, -0.15) is 0 Å². The number of nitrogens with zero attached hydrogens (tertiary/aromatic N) is 3. The Morgan fingerprint density at radius 1 is 1.30 bits per heavy atom. The number of primary sulfonamides is 1. The average Bonchev–Trinajstić information content (AvgIpc) is 3.16. The lowest BCUT2D eigenvalue weighted by molar-refractivity contribution is -0.132. The molecular formula is C23H37N5O4S. The number of nitrogens with two attached hydrogens (primary N) is 2. The number of rotatable bonds is 11. The number of likely N-dealkylation sites (tertiary alicyclic amines) is 1. The van der Waals surface area contributed by atoms with Gasteiger partial charge in [0.05, 0.1) is 16.3 Å². The van der Waals surface area contributed by atoms with Crippen LogP contribution in [0.25, 0.3) is 11.0 Å². The van der Waals surface area contributed by atoms with Crippen molar-refractivity contribution < 1.29 is 17.9 Å². The molecule has 0 spiro atoms. The first-order valence-corrected chi connectivity index (χ1v) is 13.3. The molecule has 1 aliphatic heterocycles. The number of methoxy groups -OCH3 is 1. The largest absolute Gasteiger partial charge is 0.385 e. The molecule has 3 rings (SSSR count). The van der Waals surface area contributed by atoms with Crippen molar-refractivity contribution in [3.05, 3.63) is 30.1 Å². The minimum atomic E-state index is -3.58. The standard InChI is InChI=1S/C23H37N5O4S/c1-17(33(25,30)31)10-11-19(24)15-22(29)27-12-5-7-18(16-27)23-26-20-8-3-4-9-21(20)28(23)13-6-14-32-2/h3-4,8-9,17-19H,5-7,10-16,24H2,1-2H3,(H2,25,30,31)/t17?,18-,19+/m1/s1. The lowest BCUT2D eigenvalue weighted by Gasteiger charge is -2.33. The topological polar surface area (TPSA) is 134 Å². The number of amides is 1. The summed E-state index contributed by atoms with van der Waals surface area (Å²) < 4.78 is 30.3. The van der Waals surface area contributed by atoms with Crippen molar-refractivity contribution in [1.82, 2.24) is 14.5 Å². The van der Waals surface area contributed by atoms with Gasteiger partial charge in [-0.15, -0.1) is 0 Å². The number of ether oxygens (including phenoxy) is 1. The van der Waals surface area contributed by atoms with Gasteiger partial charge in [0.25, 0.3) is 0 Å². The molecule has 0 aliphatic carbocycles. The second-order valence-electron chi connectivity index (χ2n) is 9.08. The van der Waals surface area contributed by atoms with E-state index in [1.54, 1.807) is 14.0 Å². The Kier molecular flexibility index (Phi) is 8.86. The molecule has 10 heteroatoms. The Morgan fingerprint density at radius 3 is 2.79 bits per heavy atom. The van der Waals surface area contributed by atoms with Crippen LogP contribution >= 0.6 is 0 Å². The van der Waals surface area contributed by atoms with E-state index in [-0.39, 0.29) is 24.3 Å². The van der Waals surface area contributed by atoms with Crippen LogP contribution in [0.5, 0.6) is 0 Å². The van der Waals surface area contributed by atoms with Crippen LogP contribution in [0.3, 0.4) is 0 Å². The summed E-state index contributed by atoms with van der Waals surface area (Å²) in [4.78, 5) is 19.8. The number of sulfonamides is 1. The summed E-state index contributed by atoms with van der Waals surface area (Å²) in [7, 11) is -1.87. The molecular weight excluding hydrogens is 442 g/mol. The number of fused-ring (bicyclic) bond motifs is 1. The van der Waals surface area contributed by atoms with E-state index in [1.165, 1.54) is 0 Å². The molecule has 1 fully saturated rings. The number of imidazole rings is 1. The number of para-hydroxylation sites is 2. The van der Waals surface area contributed by atoms with Gasteiger partial charge in [-0.3, -0.25) is 4.79 Å². The third-order valence-corrected chi connectivity index (χ3v) is 7.85. The summed E-state index contributed by atoms with van der Waals surface area (Å²) in [6.45, 7) is 4.40. The predicted molar refractivity (Wildman–Crippen MR) is 129 cm³/mol. The summed E-state index contributed by atoms with van der Waals surface area (Å²) in [5.41, 5.74) is 8.23. The van der Waals surface area contributed by atoms with Crippen molar-refractivity contribution in [3.8, 4) is 0 Å². The highest BCUT2D eigenvalue weighted by Crippen LogP contribution is 2.30. The molecule has 4 N–H and O–H groups in total. The zero-order chi connectivity index (χ0) is 24.0. The Hall–Kier alpha value is -2.01. The minimum absolute atomic E-state index is 0.0116. The summed E-state index contributed by atoms with van der Waals surface area (Å²) in [6, 6.07) is 7.74. The number of hydrogen-bond acceptors (Lipinski definition) is 6. The highest BCUT2D eigenvalue weighted by molar-refractivity contribution is 7.89. The van der Waals surface area contributed by atoms with Gasteiger partial charge in [0.2, 0.25) is 15.9 Å². The molecule has 2 heterocycles. The summed E-state index contributed by atoms with van der Waals surface area (Å²) in [6.07, 6.45) is 3.78. The molecule has 33 heavy (non-hydrogen) atoms. The summed E-state index contributed by atoms with van der Waals surface area (Å²) in [5.74, 6) is 1.20. The van der Waals surface area contributed by atoms with Gasteiger partial charge in [0, 0.05) is 51.7 Å². The maximum Gasteiger partial charge on any atom is 0.224 e. The molecule has 1 amide bonds. The summed E-state index contributed by atoms with van der Waals surface area (Å²) in [5, 5.41) is 4.51. The van der Waals surface area contributed by atoms with Gasteiger partial charge in [-0.1, -0.05) is 12.1 Å². The van der Waals surface area contributed by atoms with Crippen molar-refractivity contribution >= 4 is 27.0 Å². The molecule has 0 bridgehead atoms. The first-order chi connectivity index (χ1) is 15.7. The van der Waals surface area contributed by atoms with Gasteiger partial charge >= 0.3 is 0 Å². The van der Waals surface area contributed by atoms with Crippen LogP contribution in [0.1, 0.15) is 57.2 Å². The van der Waals surface area contributed by atoms with Gasteiger partial charge in [0.1, 0.15) is 5.82 Å². The van der Waals surface area contributed by atoms with E-state index in [9.17, 15) is 13.2 Å². The Labute approximate surface area is 196 Å². The average molecular weight is 480 g/mol. The van der Waals surface area contributed by atoms with Crippen LogP contribution in [0.15, 0.2) is 24.3 Å². The van der Waals surface area contributed by atoms with Gasteiger partial charge in [-0.05, 0) is 51.2 Å². The Balaban J connectivity index is 1.66. The SMILES string of the molecule is COCCCn1c([C@@H]2CCCN(C(=O)C[C@@H](N)CCC(C)S(N)(=O)=O)C2)nc2ccccc21. The van der Waals surface area contributed by atoms with Gasteiger partial charge in [-0.25, -0.2) is 18.5 Å². The first kappa shape index (κ1) is 25.6. The number of carbonyl (C=O) groups excluding carboxylic acids is 1. The highest BCUT2D eigenvalue weighted by Gasteiger charge is 2.29. The number of hydrogen-bond donors (Lipinski definition) is 2. The highest BCUT2D eigenvalue weighted by atomic mass is 32.2. The molecule has 2 aromatic rings. The van der Waals surface area contributed by atoms with E-state index in [0.717, 1.165) is 42.7 Å². The van der Waals surface area contributed by atoms with E-state index < -0.39 is 15.3 Å². The number of benzene rings is 1. The third-order valence-electron chi connectivity index (χ3n) is 6.50. The van der Waals surface area contributed by atoms with E-state index >= 15 is 0 Å². The second-order valence-corrected chi connectivity index (χ2v) is 11.1. The Bertz CT molecular complexity index is 1040. The van der Waals surface area contributed by atoms with E-state index in [2.05, 4.69) is 10.6 Å². The van der Waals surface area contributed by atoms with Crippen molar-refractivity contribution in [2.24, 2.45) is 10.9 Å². The van der Waals surface area contributed by atoms with E-state index in [4.69, 9.17) is 20.6 Å². The quantitative estimate of drug-likeness (QED) is 0.473. The van der Waals surface area contributed by atoms with Gasteiger partial charge in [0.15, 0.2) is 0 Å². The Morgan fingerprint density at radius 2 is 2.06 bits per heavy atom. The zero-order valence-electron chi connectivity index (χ0n) is 19.7. The zero-order valence-corrected chi connectivity index (χ0v) is 20.5. The van der Waals surface area contributed by atoms with Crippen molar-refractivity contribution in [3.63, 3.8) is 0 Å². The lowest BCUT2D eigenvalue weighted by Crippen LogP contribution is -2.42. The molecule has 184 valence electrons. The smallest absolute Gasteiger partial charge is 0.224 e. The molecule has 1 saturated heterocycles. The molecule has 1 aliphatic rings. The molecule has 1 aromatic carbocycles. The maximum absolute atomic E-state index is 13.0. The maximum atomic E-state index is 13.0. The number of aromatic nitrogens is 2. The van der Waals surface area contributed by atoms with Crippen molar-refractivity contribution in [2.75, 3.05) is 26.8 Å². The van der Waals surface area contributed by atoms with Gasteiger partial charge < -0.3 is 19.9 Å². The fourth-order valence-corrected chi connectivity index (χ4v) is 4.96. The third kappa shape index (κ3) is 6.75. The fourth-order valence-electron chi connectivity index (χ4n) is 4.49. The fraction of sp³-hybridized carbons (Fsp3) is 0.652. The first-order valence-electron chi connectivity index (χ1n) is 11.7.